The van der Waals surface area contributed by atoms with Gasteiger partial charge in [0.05, 0.1) is 10.2 Å². The monoisotopic (exact) mass is 248 g/mol. The van der Waals surface area contributed by atoms with Crippen LogP contribution in [-0.2, 0) is 0 Å². The Hall–Kier alpha value is -1.66. The van der Waals surface area contributed by atoms with Gasteiger partial charge in [0, 0.05) is 5.38 Å². The molecule has 0 unspecified atom stereocenters. The zero-order valence-electron chi connectivity index (χ0n) is 7.84. The van der Waals surface area contributed by atoms with Gasteiger partial charge in [-0.3, -0.25) is 0 Å². The van der Waals surface area contributed by atoms with Crippen molar-refractivity contribution >= 4 is 32.9 Å². The van der Waals surface area contributed by atoms with E-state index in [4.69, 9.17) is 0 Å². The normalized spacial score (nSPS) is 11.0. The molecule has 6 heteroatoms. The topological polar surface area (TPSA) is 71.9 Å². The van der Waals surface area contributed by atoms with Gasteiger partial charge in [0.15, 0.2) is 10.0 Å². The van der Waals surface area contributed by atoms with Gasteiger partial charge in [-0.15, -0.1) is 28.4 Å². The van der Waals surface area contributed by atoms with E-state index < -0.39 is 0 Å². The Labute approximate surface area is 98.5 Å². The van der Waals surface area contributed by atoms with Gasteiger partial charge in [-0.2, -0.15) is 0 Å². The molecule has 2 heterocycles. The molecule has 0 aliphatic carbocycles. The summed E-state index contributed by atoms with van der Waals surface area (Å²) >= 11 is 2.64. The zero-order chi connectivity index (χ0) is 11.1. The number of aromatic nitrogens is 2. The van der Waals surface area contributed by atoms with Crippen LogP contribution in [0, 0.1) is 0 Å². The minimum absolute atomic E-state index is 0.0358. The Morgan fingerprint density at radius 3 is 2.69 bits per heavy atom. The van der Waals surface area contributed by atoms with Crippen molar-refractivity contribution in [3.63, 3.8) is 0 Å². The number of nitrogens with zero attached hydrogens (tertiary/aromatic N) is 2. The fraction of sp³-hybridized carbons (Fsp3) is 0. The molecule has 0 saturated heterocycles. The van der Waals surface area contributed by atoms with Crippen molar-refractivity contribution in [3.8, 4) is 21.6 Å². The van der Waals surface area contributed by atoms with Crippen molar-refractivity contribution in [2.24, 2.45) is 0 Å². The van der Waals surface area contributed by atoms with Crippen LogP contribution in [0.1, 0.15) is 0 Å². The summed E-state index contributed by atoms with van der Waals surface area (Å²) in [5, 5.41) is 24.9. The van der Waals surface area contributed by atoms with Crippen LogP contribution in [0.15, 0.2) is 23.6 Å². The fourth-order valence-corrected chi connectivity index (χ4v) is 3.06. The largest absolute Gasteiger partial charge is 0.872 e. The van der Waals surface area contributed by atoms with Gasteiger partial charge in [-0.1, -0.05) is 12.1 Å². The molecule has 16 heavy (non-hydrogen) atoms. The van der Waals surface area contributed by atoms with Crippen molar-refractivity contribution in [1.29, 1.82) is 0 Å². The van der Waals surface area contributed by atoms with Crippen LogP contribution in [0.4, 0.5) is 0 Å². The summed E-state index contributed by atoms with van der Waals surface area (Å²) < 4.78 is 0.824. The summed E-state index contributed by atoms with van der Waals surface area (Å²) in [4.78, 5) is 8.16. The first kappa shape index (κ1) is 9.56. The molecule has 4 nitrogen and oxygen atoms in total. The Kier molecular flexibility index (Phi) is 2.05. The van der Waals surface area contributed by atoms with Gasteiger partial charge < -0.3 is 10.2 Å². The van der Waals surface area contributed by atoms with Crippen molar-refractivity contribution in [3.05, 3.63) is 23.6 Å². The molecule has 80 valence electrons. The molecule has 3 rings (SSSR count). The highest BCUT2D eigenvalue weighted by atomic mass is 32.1. The molecule has 0 aliphatic heterocycles. The van der Waals surface area contributed by atoms with Crippen LogP contribution < -0.4 is 10.2 Å². The predicted octanol–water partition coefficient (Wildman–Crippen LogP) is 1.57. The van der Waals surface area contributed by atoms with Crippen molar-refractivity contribution in [2.75, 3.05) is 0 Å². The molecule has 0 saturated carbocycles. The first-order chi connectivity index (χ1) is 7.72. The molecule has 2 aromatic heterocycles. The van der Waals surface area contributed by atoms with E-state index >= 15 is 0 Å². The van der Waals surface area contributed by atoms with Crippen LogP contribution in [0.2, 0.25) is 0 Å². The van der Waals surface area contributed by atoms with Crippen LogP contribution in [-0.4, -0.2) is 9.97 Å². The highest BCUT2D eigenvalue weighted by Gasteiger charge is 2.07. The highest BCUT2D eigenvalue weighted by molar-refractivity contribution is 7.25. The Balaban J connectivity index is 2.18. The number of thiazole rings is 2. The van der Waals surface area contributed by atoms with Gasteiger partial charge in [0.1, 0.15) is 0 Å². The maximum absolute atomic E-state index is 11.1. The average Bonchev–Trinajstić information content (AvgIpc) is 2.83. The Morgan fingerprint density at radius 2 is 1.94 bits per heavy atom. The van der Waals surface area contributed by atoms with E-state index in [0.717, 1.165) is 10.2 Å². The second-order valence-corrected chi connectivity index (χ2v) is 5.03. The SMILES string of the molecule is [O-]c1ccc2nc(-c3nc([O-])cs3)sc2c1. The zero-order valence-corrected chi connectivity index (χ0v) is 9.47. The number of fused-ring (bicyclic) bond motifs is 1. The highest BCUT2D eigenvalue weighted by Crippen LogP contribution is 2.33. The minimum Gasteiger partial charge on any atom is -0.872 e. The van der Waals surface area contributed by atoms with Crippen LogP contribution in [0.3, 0.4) is 0 Å². The first-order valence-electron chi connectivity index (χ1n) is 4.43. The lowest BCUT2D eigenvalue weighted by Gasteiger charge is -2.00. The summed E-state index contributed by atoms with van der Waals surface area (Å²) in [5.74, 6) is -0.282. The number of benzene rings is 1. The van der Waals surface area contributed by atoms with Crippen molar-refractivity contribution in [2.45, 2.75) is 0 Å². The third-order valence-electron chi connectivity index (χ3n) is 2.03. The van der Waals surface area contributed by atoms with Crippen molar-refractivity contribution < 1.29 is 10.2 Å². The molecule has 0 aliphatic rings. The molecule has 0 radical (unpaired) electrons. The molecule has 0 fully saturated rings. The van der Waals surface area contributed by atoms with E-state index in [9.17, 15) is 10.2 Å². The molecule has 3 aromatic rings. The second kappa shape index (κ2) is 3.43. The van der Waals surface area contributed by atoms with Crippen molar-refractivity contribution in [1.82, 2.24) is 9.97 Å². The molecule has 0 amide bonds. The van der Waals surface area contributed by atoms with E-state index in [2.05, 4.69) is 9.97 Å². The molecule has 1 aromatic carbocycles. The van der Waals surface area contributed by atoms with E-state index in [1.807, 2.05) is 0 Å². The molecule has 0 N–H and O–H groups in total. The van der Waals surface area contributed by atoms with Gasteiger partial charge in [-0.05, 0) is 11.9 Å². The quantitative estimate of drug-likeness (QED) is 0.655. The summed E-state index contributed by atoms with van der Waals surface area (Å²) in [6.45, 7) is 0. The Bertz CT molecular complexity index is 660. The Morgan fingerprint density at radius 1 is 1.06 bits per heavy atom. The molecular weight excluding hydrogens is 244 g/mol. The third kappa shape index (κ3) is 1.52. The lowest BCUT2D eigenvalue weighted by molar-refractivity contribution is -0.274. The smallest absolute Gasteiger partial charge is 0.153 e. The van der Waals surface area contributed by atoms with E-state index in [0.29, 0.717) is 10.0 Å². The van der Waals surface area contributed by atoms with Crippen LogP contribution >= 0.6 is 22.7 Å². The van der Waals surface area contributed by atoms with Gasteiger partial charge in [-0.25, -0.2) is 9.97 Å². The lowest BCUT2D eigenvalue weighted by Crippen LogP contribution is -1.87. The second-order valence-electron chi connectivity index (χ2n) is 3.14. The van der Waals surface area contributed by atoms with E-state index in [-0.39, 0.29) is 11.6 Å². The van der Waals surface area contributed by atoms with Gasteiger partial charge in [0.25, 0.3) is 0 Å². The van der Waals surface area contributed by atoms with E-state index in [1.54, 1.807) is 12.1 Å². The lowest BCUT2D eigenvalue weighted by atomic mass is 10.3. The molecule has 0 spiro atoms. The summed E-state index contributed by atoms with van der Waals surface area (Å²) in [5.41, 5.74) is 0.766. The number of hydrogen-bond acceptors (Lipinski definition) is 6. The summed E-state index contributed by atoms with van der Waals surface area (Å²) in [6, 6.07) is 4.71. The number of hydrogen-bond donors (Lipinski definition) is 0. The van der Waals surface area contributed by atoms with Gasteiger partial charge in [0.2, 0.25) is 0 Å². The van der Waals surface area contributed by atoms with Crippen LogP contribution in [0.25, 0.3) is 20.2 Å². The first-order valence-corrected chi connectivity index (χ1v) is 6.12. The maximum Gasteiger partial charge on any atom is 0.153 e. The van der Waals surface area contributed by atoms with Crippen LogP contribution in [0.5, 0.6) is 11.6 Å². The standard InChI is InChI=1S/C10H6N2O2S2/c13-5-1-2-6-7(3-5)16-10(11-6)9-12-8(14)4-15-9/h1-4,13-14H/p-2. The number of rotatable bonds is 1. The van der Waals surface area contributed by atoms with Gasteiger partial charge >= 0.3 is 0 Å². The van der Waals surface area contributed by atoms with E-state index in [1.165, 1.54) is 34.1 Å². The fourth-order valence-electron chi connectivity index (χ4n) is 1.35. The summed E-state index contributed by atoms with van der Waals surface area (Å²) in [7, 11) is 0. The third-order valence-corrected chi connectivity index (χ3v) is 4.01. The maximum atomic E-state index is 11.1. The molecule has 0 atom stereocenters. The molecule has 0 bridgehead atoms. The molecular formula is C10H4N2O2S2-2. The minimum atomic E-state index is -0.247. The average molecular weight is 248 g/mol. The predicted molar refractivity (Wildman–Crippen MR) is 59.6 cm³/mol. The summed E-state index contributed by atoms with van der Waals surface area (Å²) in [6.07, 6.45) is 0.